The van der Waals surface area contributed by atoms with Crippen molar-refractivity contribution in [1.29, 1.82) is 0 Å². The van der Waals surface area contributed by atoms with Gasteiger partial charge >= 0.3 is 5.97 Å². The second-order valence-electron chi connectivity index (χ2n) is 4.05. The highest BCUT2D eigenvalue weighted by Crippen LogP contribution is 2.13. The fourth-order valence-electron chi connectivity index (χ4n) is 1.72. The number of carbonyl (C=O) groups excluding carboxylic acids is 1. The van der Waals surface area contributed by atoms with Crippen LogP contribution in [0, 0.1) is 5.82 Å². The first-order valence-electron chi connectivity index (χ1n) is 6.26. The standard InChI is InChI=1S/C16H14FNO2/c1-2-20-16(19)14-7-4-10-18-15(14)9-8-12-5-3-6-13(17)11-12/h3-11H,2H2,1H3/b9-8-. The number of halogens is 1. The van der Waals surface area contributed by atoms with E-state index in [2.05, 4.69) is 4.98 Å². The molecule has 0 radical (unpaired) electrons. The lowest BCUT2D eigenvalue weighted by Crippen LogP contribution is -2.07. The van der Waals surface area contributed by atoms with Gasteiger partial charge in [0.25, 0.3) is 0 Å². The van der Waals surface area contributed by atoms with E-state index >= 15 is 0 Å². The quantitative estimate of drug-likeness (QED) is 0.798. The summed E-state index contributed by atoms with van der Waals surface area (Å²) in [5.74, 6) is -0.724. The number of hydrogen-bond donors (Lipinski definition) is 0. The summed E-state index contributed by atoms with van der Waals surface area (Å²) >= 11 is 0. The zero-order valence-electron chi connectivity index (χ0n) is 11.0. The molecule has 1 aromatic carbocycles. The van der Waals surface area contributed by atoms with E-state index in [0.717, 1.165) is 0 Å². The summed E-state index contributed by atoms with van der Waals surface area (Å²) in [6.07, 6.45) is 4.96. The third-order valence-corrected chi connectivity index (χ3v) is 2.62. The smallest absolute Gasteiger partial charge is 0.340 e. The van der Waals surface area contributed by atoms with Crippen LogP contribution in [0.25, 0.3) is 12.2 Å². The third-order valence-electron chi connectivity index (χ3n) is 2.62. The maximum atomic E-state index is 13.1. The van der Waals surface area contributed by atoms with Gasteiger partial charge in [-0.1, -0.05) is 18.2 Å². The Kier molecular flexibility index (Phi) is 4.60. The molecule has 2 rings (SSSR count). The molecule has 0 unspecified atom stereocenters. The number of carbonyl (C=O) groups is 1. The molecule has 0 aliphatic heterocycles. The Bertz CT molecular complexity index is 638. The van der Waals surface area contributed by atoms with E-state index in [0.29, 0.717) is 23.4 Å². The van der Waals surface area contributed by atoms with Crippen LogP contribution in [-0.4, -0.2) is 17.6 Å². The minimum absolute atomic E-state index is 0.306. The molecule has 3 nitrogen and oxygen atoms in total. The largest absolute Gasteiger partial charge is 0.462 e. The minimum Gasteiger partial charge on any atom is -0.462 e. The molecule has 1 aromatic heterocycles. The van der Waals surface area contributed by atoms with Crippen LogP contribution in [0.15, 0.2) is 42.6 Å². The van der Waals surface area contributed by atoms with Crippen molar-refractivity contribution in [3.8, 4) is 0 Å². The van der Waals surface area contributed by atoms with Gasteiger partial charge in [-0.25, -0.2) is 9.18 Å². The number of esters is 1. The lowest BCUT2D eigenvalue weighted by atomic mass is 10.1. The van der Waals surface area contributed by atoms with Crippen molar-refractivity contribution in [2.45, 2.75) is 6.92 Å². The van der Waals surface area contributed by atoms with E-state index in [-0.39, 0.29) is 5.82 Å². The van der Waals surface area contributed by atoms with Gasteiger partial charge in [0, 0.05) is 6.20 Å². The van der Waals surface area contributed by atoms with Crippen molar-refractivity contribution in [2.24, 2.45) is 0 Å². The number of pyridine rings is 1. The monoisotopic (exact) mass is 271 g/mol. The van der Waals surface area contributed by atoms with E-state index in [9.17, 15) is 9.18 Å². The van der Waals surface area contributed by atoms with Crippen LogP contribution in [0.4, 0.5) is 4.39 Å². The van der Waals surface area contributed by atoms with Gasteiger partial charge in [-0.05, 0) is 42.8 Å². The first-order valence-corrected chi connectivity index (χ1v) is 6.26. The Morgan fingerprint density at radius 2 is 2.15 bits per heavy atom. The minimum atomic E-state index is -0.417. The molecule has 0 spiro atoms. The van der Waals surface area contributed by atoms with Crippen molar-refractivity contribution in [1.82, 2.24) is 4.98 Å². The third kappa shape index (κ3) is 3.51. The molecular formula is C16H14FNO2. The van der Waals surface area contributed by atoms with Crippen LogP contribution in [0.5, 0.6) is 0 Å². The number of aromatic nitrogens is 1. The van der Waals surface area contributed by atoms with Crippen LogP contribution in [0.1, 0.15) is 28.5 Å². The van der Waals surface area contributed by atoms with Crippen molar-refractivity contribution in [3.63, 3.8) is 0 Å². The molecule has 4 heteroatoms. The molecule has 0 atom stereocenters. The summed E-state index contributed by atoms with van der Waals surface area (Å²) in [6, 6.07) is 9.50. The number of rotatable bonds is 4. The van der Waals surface area contributed by atoms with Gasteiger partial charge in [0.2, 0.25) is 0 Å². The molecule has 0 fully saturated rings. The summed E-state index contributed by atoms with van der Waals surface area (Å²) in [5.41, 5.74) is 1.59. The van der Waals surface area contributed by atoms with Crippen LogP contribution >= 0.6 is 0 Å². The van der Waals surface area contributed by atoms with Crippen molar-refractivity contribution >= 4 is 18.1 Å². The molecule has 20 heavy (non-hydrogen) atoms. The molecule has 0 saturated carbocycles. The fourth-order valence-corrected chi connectivity index (χ4v) is 1.72. The summed E-state index contributed by atoms with van der Waals surface area (Å²) < 4.78 is 18.0. The Morgan fingerprint density at radius 1 is 1.30 bits per heavy atom. The van der Waals surface area contributed by atoms with E-state index in [1.807, 2.05) is 0 Å². The maximum absolute atomic E-state index is 13.1. The van der Waals surface area contributed by atoms with E-state index in [1.165, 1.54) is 12.1 Å². The first-order chi connectivity index (χ1) is 9.70. The molecule has 102 valence electrons. The van der Waals surface area contributed by atoms with Crippen molar-refractivity contribution < 1.29 is 13.9 Å². The summed E-state index contributed by atoms with van der Waals surface area (Å²) in [5, 5.41) is 0. The molecule has 0 N–H and O–H groups in total. The van der Waals surface area contributed by atoms with E-state index in [1.54, 1.807) is 49.5 Å². The van der Waals surface area contributed by atoms with Crippen LogP contribution < -0.4 is 0 Å². The Morgan fingerprint density at radius 3 is 2.90 bits per heavy atom. The number of benzene rings is 1. The van der Waals surface area contributed by atoms with Gasteiger partial charge in [0.05, 0.1) is 17.9 Å². The Hall–Kier alpha value is -2.49. The van der Waals surface area contributed by atoms with E-state index in [4.69, 9.17) is 4.74 Å². The van der Waals surface area contributed by atoms with Crippen LogP contribution in [0.3, 0.4) is 0 Å². The maximum Gasteiger partial charge on any atom is 0.340 e. The number of hydrogen-bond acceptors (Lipinski definition) is 3. The zero-order chi connectivity index (χ0) is 14.4. The fraction of sp³-hybridized carbons (Fsp3) is 0.125. The highest BCUT2D eigenvalue weighted by Gasteiger charge is 2.10. The second kappa shape index (κ2) is 6.61. The van der Waals surface area contributed by atoms with Gasteiger partial charge in [-0.2, -0.15) is 0 Å². The van der Waals surface area contributed by atoms with Gasteiger partial charge in [0.1, 0.15) is 5.82 Å². The number of nitrogens with zero attached hydrogens (tertiary/aromatic N) is 1. The molecule has 0 bridgehead atoms. The molecule has 1 heterocycles. The van der Waals surface area contributed by atoms with E-state index < -0.39 is 5.97 Å². The van der Waals surface area contributed by atoms with Crippen molar-refractivity contribution in [2.75, 3.05) is 6.61 Å². The SMILES string of the molecule is CCOC(=O)c1cccnc1/C=C\c1cccc(F)c1. The second-order valence-corrected chi connectivity index (χ2v) is 4.05. The van der Waals surface area contributed by atoms with Gasteiger partial charge in [-0.15, -0.1) is 0 Å². The summed E-state index contributed by atoms with van der Waals surface area (Å²) in [4.78, 5) is 15.9. The highest BCUT2D eigenvalue weighted by molar-refractivity contribution is 5.93. The predicted molar refractivity (Wildman–Crippen MR) is 75.5 cm³/mol. The lowest BCUT2D eigenvalue weighted by molar-refractivity contribution is 0.0525. The predicted octanol–water partition coefficient (Wildman–Crippen LogP) is 3.57. The van der Waals surface area contributed by atoms with Gasteiger partial charge in [0.15, 0.2) is 0 Å². The molecule has 0 saturated heterocycles. The average molecular weight is 271 g/mol. The zero-order valence-corrected chi connectivity index (χ0v) is 11.0. The molecule has 2 aromatic rings. The molecule has 0 aliphatic carbocycles. The topological polar surface area (TPSA) is 39.2 Å². The van der Waals surface area contributed by atoms with Crippen LogP contribution in [0.2, 0.25) is 0 Å². The normalized spacial score (nSPS) is 10.7. The number of ether oxygens (including phenoxy) is 1. The lowest BCUT2D eigenvalue weighted by Gasteiger charge is -2.04. The van der Waals surface area contributed by atoms with Gasteiger partial charge in [-0.3, -0.25) is 4.98 Å². The first kappa shape index (κ1) is 13.9. The molecule has 0 aliphatic rings. The Labute approximate surface area is 116 Å². The van der Waals surface area contributed by atoms with Crippen LogP contribution in [-0.2, 0) is 4.74 Å². The molecular weight excluding hydrogens is 257 g/mol. The molecule has 0 amide bonds. The summed E-state index contributed by atoms with van der Waals surface area (Å²) in [6.45, 7) is 2.05. The summed E-state index contributed by atoms with van der Waals surface area (Å²) in [7, 11) is 0. The average Bonchev–Trinajstić information content (AvgIpc) is 2.46. The Balaban J connectivity index is 2.27. The van der Waals surface area contributed by atoms with Gasteiger partial charge < -0.3 is 4.74 Å². The highest BCUT2D eigenvalue weighted by atomic mass is 19.1. The van der Waals surface area contributed by atoms with Crippen molar-refractivity contribution in [3.05, 3.63) is 65.2 Å².